The summed E-state index contributed by atoms with van der Waals surface area (Å²) < 4.78 is 4.95. The van der Waals surface area contributed by atoms with Crippen molar-refractivity contribution in [2.24, 2.45) is 5.73 Å². The van der Waals surface area contributed by atoms with Crippen LogP contribution >= 0.6 is 0 Å². The highest BCUT2D eigenvalue weighted by Gasteiger charge is 2.28. The number of ether oxygens (including phenoxy) is 1. The van der Waals surface area contributed by atoms with Crippen molar-refractivity contribution in [1.29, 1.82) is 0 Å². The summed E-state index contributed by atoms with van der Waals surface area (Å²) in [6, 6.07) is 4.91. The molecule has 5 heteroatoms. The van der Waals surface area contributed by atoms with Crippen LogP contribution in [-0.2, 0) is 0 Å². The van der Waals surface area contributed by atoms with Crippen molar-refractivity contribution < 1.29 is 14.6 Å². The summed E-state index contributed by atoms with van der Waals surface area (Å²) in [7, 11) is 1.50. The zero-order valence-corrected chi connectivity index (χ0v) is 9.64. The molecule has 0 bridgehead atoms. The monoisotopic (exact) mass is 236 g/mol. The number of aromatic hydroxyl groups is 1. The second kappa shape index (κ2) is 4.63. The number of hydrogen-bond acceptors (Lipinski definition) is 4. The number of amides is 1. The Morgan fingerprint density at radius 3 is 2.76 bits per heavy atom. The third kappa shape index (κ3) is 2.50. The van der Waals surface area contributed by atoms with Gasteiger partial charge in [-0.2, -0.15) is 0 Å². The fraction of sp³-hybridized carbons (Fsp3) is 0.417. The lowest BCUT2D eigenvalue weighted by Crippen LogP contribution is -2.50. The van der Waals surface area contributed by atoms with Gasteiger partial charge in [-0.05, 0) is 25.0 Å². The third-order valence-electron chi connectivity index (χ3n) is 2.96. The van der Waals surface area contributed by atoms with Crippen LogP contribution in [0.2, 0.25) is 0 Å². The highest BCUT2D eigenvalue weighted by Crippen LogP contribution is 2.24. The Morgan fingerprint density at radius 1 is 1.53 bits per heavy atom. The normalized spacial score (nSPS) is 22.7. The van der Waals surface area contributed by atoms with Crippen LogP contribution in [0, 0.1) is 0 Å². The van der Waals surface area contributed by atoms with Gasteiger partial charge < -0.3 is 20.9 Å². The standard InChI is InChI=1S/C12H16N2O3/c1-17-9-2-3-10(11(15)6-9)12(16)14-8-4-7(13)5-8/h2-3,6-8,15H,4-5,13H2,1H3,(H,14,16). The van der Waals surface area contributed by atoms with Crippen LogP contribution in [0.25, 0.3) is 0 Å². The van der Waals surface area contributed by atoms with Gasteiger partial charge in [-0.1, -0.05) is 0 Å². The Balaban J connectivity index is 2.03. The molecule has 0 spiro atoms. The molecule has 0 radical (unpaired) electrons. The molecule has 1 fully saturated rings. The summed E-state index contributed by atoms with van der Waals surface area (Å²) in [5.74, 6) is 0.164. The van der Waals surface area contributed by atoms with E-state index in [4.69, 9.17) is 10.5 Å². The smallest absolute Gasteiger partial charge is 0.255 e. The Labute approximate surface area is 99.6 Å². The molecule has 0 atom stereocenters. The highest BCUT2D eigenvalue weighted by molar-refractivity contribution is 5.97. The van der Waals surface area contributed by atoms with Gasteiger partial charge in [0, 0.05) is 18.2 Å². The van der Waals surface area contributed by atoms with E-state index in [0.717, 1.165) is 12.8 Å². The first kappa shape index (κ1) is 11.7. The predicted octanol–water partition coefficient (Wildman–Crippen LogP) is 0.620. The van der Waals surface area contributed by atoms with Crippen LogP contribution in [0.3, 0.4) is 0 Å². The molecule has 0 aromatic heterocycles. The Hall–Kier alpha value is -1.75. The first-order chi connectivity index (χ1) is 8.10. The topological polar surface area (TPSA) is 84.6 Å². The molecule has 1 saturated carbocycles. The van der Waals surface area contributed by atoms with Crippen molar-refractivity contribution in [2.75, 3.05) is 7.11 Å². The van der Waals surface area contributed by atoms with Crippen LogP contribution in [-0.4, -0.2) is 30.2 Å². The molecule has 1 aliphatic carbocycles. The molecule has 1 aromatic rings. The summed E-state index contributed by atoms with van der Waals surface area (Å²) in [6.45, 7) is 0. The van der Waals surface area contributed by atoms with Crippen molar-refractivity contribution in [3.8, 4) is 11.5 Å². The number of hydrogen-bond donors (Lipinski definition) is 3. The van der Waals surface area contributed by atoms with Crippen molar-refractivity contribution in [3.63, 3.8) is 0 Å². The molecule has 2 rings (SSSR count). The number of methoxy groups -OCH3 is 1. The van der Waals surface area contributed by atoms with Gasteiger partial charge in [0.25, 0.3) is 5.91 Å². The van der Waals surface area contributed by atoms with E-state index in [1.165, 1.54) is 13.2 Å². The number of carbonyl (C=O) groups excluding carboxylic acids is 1. The van der Waals surface area contributed by atoms with E-state index >= 15 is 0 Å². The van der Waals surface area contributed by atoms with E-state index in [-0.39, 0.29) is 29.3 Å². The minimum Gasteiger partial charge on any atom is -0.507 e. The van der Waals surface area contributed by atoms with Crippen LogP contribution < -0.4 is 15.8 Å². The summed E-state index contributed by atoms with van der Waals surface area (Å²) in [5.41, 5.74) is 5.89. The highest BCUT2D eigenvalue weighted by atomic mass is 16.5. The van der Waals surface area contributed by atoms with Gasteiger partial charge >= 0.3 is 0 Å². The van der Waals surface area contributed by atoms with Gasteiger partial charge in [0.1, 0.15) is 11.5 Å². The fourth-order valence-electron chi connectivity index (χ4n) is 1.87. The largest absolute Gasteiger partial charge is 0.507 e. The van der Waals surface area contributed by atoms with Crippen molar-refractivity contribution in [3.05, 3.63) is 23.8 Å². The van der Waals surface area contributed by atoms with Crippen molar-refractivity contribution in [1.82, 2.24) is 5.32 Å². The molecular formula is C12H16N2O3. The van der Waals surface area contributed by atoms with Crippen LogP contribution in [0.5, 0.6) is 11.5 Å². The van der Waals surface area contributed by atoms with Gasteiger partial charge in [0.2, 0.25) is 0 Å². The Bertz CT molecular complexity index is 428. The molecule has 92 valence electrons. The lowest BCUT2D eigenvalue weighted by Gasteiger charge is -2.33. The number of phenols is 1. The number of nitrogens with one attached hydrogen (secondary N) is 1. The first-order valence-electron chi connectivity index (χ1n) is 5.53. The minimum absolute atomic E-state index is 0.0783. The SMILES string of the molecule is COc1ccc(C(=O)NC2CC(N)C2)c(O)c1. The number of carbonyl (C=O) groups is 1. The Morgan fingerprint density at radius 2 is 2.24 bits per heavy atom. The predicted molar refractivity (Wildman–Crippen MR) is 63.1 cm³/mol. The van der Waals surface area contributed by atoms with Gasteiger partial charge in [-0.3, -0.25) is 4.79 Å². The molecule has 1 aromatic carbocycles. The van der Waals surface area contributed by atoms with Gasteiger partial charge in [0.05, 0.1) is 12.7 Å². The molecule has 17 heavy (non-hydrogen) atoms. The van der Waals surface area contributed by atoms with E-state index in [2.05, 4.69) is 5.32 Å². The third-order valence-corrected chi connectivity index (χ3v) is 2.96. The maximum atomic E-state index is 11.8. The fourth-order valence-corrected chi connectivity index (χ4v) is 1.87. The summed E-state index contributed by atoms with van der Waals surface area (Å²) >= 11 is 0. The Kier molecular flexibility index (Phi) is 3.19. The zero-order chi connectivity index (χ0) is 12.4. The van der Waals surface area contributed by atoms with Crippen molar-refractivity contribution >= 4 is 5.91 Å². The average molecular weight is 236 g/mol. The van der Waals surface area contributed by atoms with Crippen LogP contribution in [0.1, 0.15) is 23.2 Å². The second-order valence-electron chi connectivity index (χ2n) is 4.28. The molecule has 5 nitrogen and oxygen atoms in total. The minimum atomic E-state index is -0.276. The number of phenolic OH excluding ortho intramolecular Hbond substituents is 1. The summed E-state index contributed by atoms with van der Waals surface area (Å²) in [4.78, 5) is 11.8. The van der Waals surface area contributed by atoms with Gasteiger partial charge in [0.15, 0.2) is 0 Å². The first-order valence-corrected chi connectivity index (χ1v) is 5.53. The summed E-state index contributed by atoms with van der Waals surface area (Å²) in [6.07, 6.45) is 1.59. The maximum absolute atomic E-state index is 11.8. The number of nitrogens with two attached hydrogens (primary N) is 1. The molecule has 1 aliphatic rings. The molecule has 0 heterocycles. The van der Waals surface area contributed by atoms with E-state index in [9.17, 15) is 9.90 Å². The van der Waals surface area contributed by atoms with Crippen LogP contribution in [0.15, 0.2) is 18.2 Å². The molecule has 0 saturated heterocycles. The van der Waals surface area contributed by atoms with Gasteiger partial charge in [-0.15, -0.1) is 0 Å². The average Bonchev–Trinajstić information content (AvgIpc) is 2.26. The lowest BCUT2D eigenvalue weighted by atomic mass is 9.87. The molecule has 0 unspecified atom stereocenters. The van der Waals surface area contributed by atoms with E-state index in [1.807, 2.05) is 0 Å². The zero-order valence-electron chi connectivity index (χ0n) is 9.64. The van der Waals surface area contributed by atoms with E-state index in [0.29, 0.717) is 5.75 Å². The second-order valence-corrected chi connectivity index (χ2v) is 4.28. The van der Waals surface area contributed by atoms with E-state index < -0.39 is 0 Å². The van der Waals surface area contributed by atoms with E-state index in [1.54, 1.807) is 12.1 Å². The maximum Gasteiger partial charge on any atom is 0.255 e. The van der Waals surface area contributed by atoms with Gasteiger partial charge in [-0.25, -0.2) is 0 Å². The van der Waals surface area contributed by atoms with Crippen LogP contribution in [0.4, 0.5) is 0 Å². The molecular weight excluding hydrogens is 220 g/mol. The molecule has 4 N–H and O–H groups in total. The quantitative estimate of drug-likeness (QED) is 0.718. The number of rotatable bonds is 3. The molecule has 0 aliphatic heterocycles. The summed E-state index contributed by atoms with van der Waals surface area (Å²) in [5, 5.41) is 12.5. The van der Waals surface area contributed by atoms with Crippen molar-refractivity contribution in [2.45, 2.75) is 24.9 Å². The molecule has 1 amide bonds. The number of benzene rings is 1. The lowest BCUT2D eigenvalue weighted by molar-refractivity contribution is 0.0907.